The number of nitrogens with zero attached hydrogens (tertiary/aromatic N) is 2. The van der Waals surface area contributed by atoms with E-state index in [4.69, 9.17) is 4.53 Å². The zero-order chi connectivity index (χ0) is 14.1. The van der Waals surface area contributed by atoms with Crippen LogP contribution in [0.3, 0.4) is 0 Å². The second-order valence-corrected chi connectivity index (χ2v) is 10.1. The Hall–Kier alpha value is -0.563. The van der Waals surface area contributed by atoms with E-state index in [1.807, 2.05) is 33.9 Å². The minimum atomic E-state index is -4.49. The molecule has 0 aromatic rings. The molecule has 17 heavy (non-hydrogen) atoms. The largest absolute Gasteiger partial charge is 0.451 e. The fourth-order valence-corrected chi connectivity index (χ4v) is 2.01. The Morgan fingerprint density at radius 1 is 1.18 bits per heavy atom. The summed E-state index contributed by atoms with van der Waals surface area (Å²) >= 11 is 0. The van der Waals surface area contributed by atoms with Crippen LogP contribution in [0.4, 0.5) is 13.2 Å². The van der Waals surface area contributed by atoms with E-state index in [0.29, 0.717) is 0 Å². The molecule has 0 aromatic carbocycles. The molecule has 0 aliphatic carbocycles. The molecule has 0 fully saturated rings. The first-order valence-corrected chi connectivity index (χ1v) is 8.20. The van der Waals surface area contributed by atoms with Crippen LogP contribution in [0.2, 0.25) is 18.1 Å². The molecule has 0 atom stereocenters. The molecule has 0 saturated heterocycles. The van der Waals surface area contributed by atoms with Crippen molar-refractivity contribution in [2.75, 3.05) is 14.1 Å². The van der Waals surface area contributed by atoms with Gasteiger partial charge in [-0.25, -0.2) is 5.06 Å². The number of rotatable bonds is 2. The van der Waals surface area contributed by atoms with Gasteiger partial charge in [-0.1, -0.05) is 20.8 Å². The Morgan fingerprint density at radius 2 is 1.59 bits per heavy atom. The van der Waals surface area contributed by atoms with Crippen LogP contribution in [0.5, 0.6) is 0 Å². The zero-order valence-corrected chi connectivity index (χ0v) is 12.4. The van der Waals surface area contributed by atoms with Gasteiger partial charge in [0.15, 0.2) is 0 Å². The standard InChI is InChI=1S/C10H21F3N2OSi/c1-9(2,3)17(6,7)16-15(5)8(14-4)10(11,12)13/h1-7H3/b14-8-. The maximum Gasteiger partial charge on any atom is 0.451 e. The minimum absolute atomic E-state index is 0.161. The third-order valence-corrected chi connectivity index (χ3v) is 7.28. The maximum absolute atomic E-state index is 12.6. The van der Waals surface area contributed by atoms with Crippen LogP contribution in [0.1, 0.15) is 20.8 Å². The highest BCUT2D eigenvalue weighted by molar-refractivity contribution is 6.74. The summed E-state index contributed by atoms with van der Waals surface area (Å²) in [5.74, 6) is -1.01. The van der Waals surface area contributed by atoms with Gasteiger partial charge in [-0.3, -0.25) is 4.99 Å². The molecule has 0 amide bonds. The molecule has 0 spiro atoms. The van der Waals surface area contributed by atoms with E-state index >= 15 is 0 Å². The van der Waals surface area contributed by atoms with Gasteiger partial charge in [0.25, 0.3) is 0 Å². The number of hydrogen-bond donors (Lipinski definition) is 0. The monoisotopic (exact) mass is 270 g/mol. The SMILES string of the molecule is C/N=C(\N(C)O[Si](C)(C)C(C)(C)C)C(F)(F)F. The lowest BCUT2D eigenvalue weighted by atomic mass is 10.2. The van der Waals surface area contributed by atoms with Gasteiger partial charge in [0, 0.05) is 14.1 Å². The average molecular weight is 270 g/mol. The summed E-state index contributed by atoms with van der Waals surface area (Å²) in [6.45, 7) is 9.65. The average Bonchev–Trinajstić information content (AvgIpc) is 1.98. The molecule has 0 aliphatic heterocycles. The predicted molar refractivity (Wildman–Crippen MR) is 65.5 cm³/mol. The van der Waals surface area contributed by atoms with Crippen LogP contribution in [0.25, 0.3) is 0 Å². The number of aliphatic imine (C=N–C) groups is 1. The molecule has 0 aliphatic rings. The summed E-state index contributed by atoms with van der Waals surface area (Å²) in [5.41, 5.74) is 0. The smallest absolute Gasteiger partial charge is 0.318 e. The quantitative estimate of drug-likeness (QED) is 0.332. The van der Waals surface area contributed by atoms with Gasteiger partial charge in [0.1, 0.15) is 0 Å². The van der Waals surface area contributed by atoms with Crippen molar-refractivity contribution in [2.45, 2.75) is 45.1 Å². The summed E-state index contributed by atoms with van der Waals surface area (Å²) in [7, 11) is 0.0711. The first kappa shape index (κ1) is 16.4. The Kier molecular flexibility index (Phi) is 4.81. The highest BCUT2D eigenvalue weighted by Gasteiger charge is 2.44. The van der Waals surface area contributed by atoms with E-state index in [1.165, 1.54) is 7.05 Å². The van der Waals surface area contributed by atoms with Crippen LogP contribution in [0.15, 0.2) is 4.99 Å². The molecule has 0 N–H and O–H groups in total. The maximum atomic E-state index is 12.6. The van der Waals surface area contributed by atoms with Crippen LogP contribution in [-0.2, 0) is 4.53 Å². The molecule has 0 bridgehead atoms. The van der Waals surface area contributed by atoms with Crippen molar-refractivity contribution >= 4 is 14.2 Å². The lowest BCUT2D eigenvalue weighted by Crippen LogP contribution is -2.50. The number of hydrogen-bond acceptors (Lipinski definition) is 2. The molecule has 0 aromatic heterocycles. The van der Waals surface area contributed by atoms with Gasteiger partial charge in [0.05, 0.1) is 0 Å². The molecule has 0 rings (SSSR count). The van der Waals surface area contributed by atoms with Crippen molar-refractivity contribution in [3.8, 4) is 0 Å². The fourth-order valence-electron chi connectivity index (χ4n) is 0.969. The highest BCUT2D eigenvalue weighted by atomic mass is 28.4. The first-order chi connectivity index (χ1) is 7.33. The molecule has 7 heteroatoms. The van der Waals surface area contributed by atoms with Crippen LogP contribution in [-0.4, -0.2) is 39.5 Å². The van der Waals surface area contributed by atoms with Crippen molar-refractivity contribution in [1.82, 2.24) is 5.06 Å². The topological polar surface area (TPSA) is 24.8 Å². The molecule has 0 unspecified atom stereocenters. The zero-order valence-electron chi connectivity index (χ0n) is 11.4. The third-order valence-electron chi connectivity index (χ3n) is 2.93. The second-order valence-electron chi connectivity index (χ2n) is 5.39. The molecule has 0 saturated carbocycles. The van der Waals surface area contributed by atoms with Crippen LogP contribution >= 0.6 is 0 Å². The van der Waals surface area contributed by atoms with Crippen molar-refractivity contribution < 1.29 is 17.7 Å². The molecule has 0 heterocycles. The Labute approximate surface area is 102 Å². The van der Waals surface area contributed by atoms with Crippen LogP contribution < -0.4 is 0 Å². The van der Waals surface area contributed by atoms with Gasteiger partial charge in [0.2, 0.25) is 14.2 Å². The Bertz CT molecular complexity index is 295. The molecule has 102 valence electrons. The molecular weight excluding hydrogens is 249 g/mol. The predicted octanol–water partition coefficient (Wildman–Crippen LogP) is 3.45. The number of hydroxylamine groups is 2. The first-order valence-electron chi connectivity index (χ1n) is 5.30. The summed E-state index contributed by atoms with van der Waals surface area (Å²) < 4.78 is 43.3. The number of halogens is 3. The van der Waals surface area contributed by atoms with Gasteiger partial charge in [-0.2, -0.15) is 13.2 Å². The van der Waals surface area contributed by atoms with Gasteiger partial charge >= 0.3 is 6.18 Å². The summed E-state index contributed by atoms with van der Waals surface area (Å²) in [6, 6.07) is 0. The summed E-state index contributed by atoms with van der Waals surface area (Å²) in [6.07, 6.45) is -4.49. The Balaban J connectivity index is 4.94. The summed E-state index contributed by atoms with van der Waals surface area (Å²) in [4.78, 5) is 3.24. The number of amidine groups is 1. The summed E-state index contributed by atoms with van der Waals surface area (Å²) in [5, 5.41) is 0.586. The van der Waals surface area contributed by atoms with Crippen molar-refractivity contribution in [2.24, 2.45) is 4.99 Å². The fraction of sp³-hybridized carbons (Fsp3) is 0.900. The minimum Gasteiger partial charge on any atom is -0.318 e. The lowest BCUT2D eigenvalue weighted by molar-refractivity contribution is -0.0930. The van der Waals surface area contributed by atoms with Crippen molar-refractivity contribution in [1.29, 1.82) is 0 Å². The van der Waals surface area contributed by atoms with E-state index in [0.717, 1.165) is 12.1 Å². The van der Waals surface area contributed by atoms with E-state index in [-0.39, 0.29) is 5.04 Å². The van der Waals surface area contributed by atoms with E-state index in [9.17, 15) is 13.2 Å². The Morgan fingerprint density at radius 3 is 1.82 bits per heavy atom. The van der Waals surface area contributed by atoms with Gasteiger partial charge in [-0.05, 0) is 18.1 Å². The molecule has 3 nitrogen and oxygen atoms in total. The van der Waals surface area contributed by atoms with Crippen molar-refractivity contribution in [3.05, 3.63) is 0 Å². The second kappa shape index (κ2) is 4.97. The van der Waals surface area contributed by atoms with Gasteiger partial charge in [-0.15, -0.1) is 0 Å². The molecule has 0 radical (unpaired) electrons. The molecular formula is C10H21F3N2OSi. The van der Waals surface area contributed by atoms with E-state index in [1.54, 1.807) is 0 Å². The number of alkyl halides is 3. The third kappa shape index (κ3) is 4.31. The highest BCUT2D eigenvalue weighted by Crippen LogP contribution is 2.37. The van der Waals surface area contributed by atoms with E-state index < -0.39 is 20.3 Å². The van der Waals surface area contributed by atoms with Gasteiger partial charge < -0.3 is 4.53 Å². The van der Waals surface area contributed by atoms with Crippen LogP contribution in [0, 0.1) is 0 Å². The van der Waals surface area contributed by atoms with Crippen molar-refractivity contribution in [3.63, 3.8) is 0 Å². The normalized spacial score (nSPS) is 15.1. The van der Waals surface area contributed by atoms with E-state index in [2.05, 4.69) is 4.99 Å². The lowest BCUT2D eigenvalue weighted by Gasteiger charge is -2.39.